The van der Waals surface area contributed by atoms with Crippen molar-refractivity contribution in [3.8, 4) is 22.3 Å². The lowest BCUT2D eigenvalue weighted by Gasteiger charge is -2.08. The van der Waals surface area contributed by atoms with Crippen LogP contribution in [0, 0.1) is 13.8 Å². The van der Waals surface area contributed by atoms with Crippen molar-refractivity contribution in [1.29, 1.82) is 0 Å². The maximum atomic E-state index is 13.5. The largest absolute Gasteiger partial charge is 0.361 e. The molecule has 0 bridgehead atoms. The van der Waals surface area contributed by atoms with Crippen molar-refractivity contribution in [2.75, 3.05) is 0 Å². The van der Waals surface area contributed by atoms with E-state index in [1.54, 1.807) is 53.6 Å². The average molecular weight is 433 g/mol. The Morgan fingerprint density at radius 3 is 2.42 bits per heavy atom. The molecule has 4 heterocycles. The molecule has 1 aromatic carbocycles. The van der Waals surface area contributed by atoms with Gasteiger partial charge in [0.05, 0.1) is 27.8 Å². The average Bonchev–Trinajstić information content (AvgIpc) is 3.45. The van der Waals surface area contributed by atoms with Crippen molar-refractivity contribution in [1.82, 2.24) is 23.9 Å². The maximum absolute atomic E-state index is 13.5. The molecular weight excluding hydrogens is 414 g/mol. The van der Waals surface area contributed by atoms with Gasteiger partial charge in [-0.05, 0) is 32.0 Å². The number of aryl methyl sites for hydroxylation is 3. The molecule has 0 aliphatic heterocycles. The van der Waals surface area contributed by atoms with E-state index in [0.717, 1.165) is 22.4 Å². The first-order valence-electron chi connectivity index (χ1n) is 9.60. The summed E-state index contributed by atoms with van der Waals surface area (Å²) in [4.78, 5) is 4.84. The quantitative estimate of drug-likeness (QED) is 0.426. The SMILES string of the molecule is Cc1noc(C)c1-c1cnc2c(-c3cnn(C)c3)cn(S(=O)(=O)c3ccccc3)c2c1. The second-order valence-electron chi connectivity index (χ2n) is 7.35. The van der Waals surface area contributed by atoms with Gasteiger partial charge in [0.25, 0.3) is 10.0 Å². The van der Waals surface area contributed by atoms with Crippen molar-refractivity contribution in [3.05, 3.63) is 72.6 Å². The van der Waals surface area contributed by atoms with Crippen LogP contribution in [0.25, 0.3) is 33.3 Å². The third kappa shape index (κ3) is 3.05. The Bertz CT molecular complexity index is 1510. The number of hydrogen-bond donors (Lipinski definition) is 0. The highest BCUT2D eigenvalue weighted by Gasteiger charge is 2.24. The zero-order valence-electron chi connectivity index (χ0n) is 17.1. The molecule has 31 heavy (non-hydrogen) atoms. The van der Waals surface area contributed by atoms with Crippen LogP contribution in [0.4, 0.5) is 0 Å². The van der Waals surface area contributed by atoms with E-state index < -0.39 is 10.0 Å². The molecule has 0 saturated carbocycles. The number of hydrogen-bond acceptors (Lipinski definition) is 6. The topological polar surface area (TPSA) is 95.8 Å². The number of fused-ring (bicyclic) bond motifs is 1. The molecule has 0 amide bonds. The van der Waals surface area contributed by atoms with Gasteiger partial charge in [0, 0.05) is 47.9 Å². The Balaban J connectivity index is 1.82. The molecule has 0 radical (unpaired) electrons. The number of pyridine rings is 1. The van der Waals surface area contributed by atoms with E-state index in [4.69, 9.17) is 4.52 Å². The fraction of sp³-hybridized carbons (Fsp3) is 0.136. The molecule has 0 saturated heterocycles. The van der Waals surface area contributed by atoms with Gasteiger partial charge >= 0.3 is 0 Å². The van der Waals surface area contributed by atoms with Gasteiger partial charge in [0.1, 0.15) is 5.76 Å². The summed E-state index contributed by atoms with van der Waals surface area (Å²) in [5.41, 5.74) is 4.78. The molecule has 156 valence electrons. The Morgan fingerprint density at radius 1 is 1.00 bits per heavy atom. The van der Waals surface area contributed by atoms with E-state index >= 15 is 0 Å². The highest BCUT2D eigenvalue weighted by Crippen LogP contribution is 2.35. The van der Waals surface area contributed by atoms with Gasteiger partial charge in [0.15, 0.2) is 0 Å². The van der Waals surface area contributed by atoms with Crippen LogP contribution in [0.2, 0.25) is 0 Å². The lowest BCUT2D eigenvalue weighted by Crippen LogP contribution is -2.11. The van der Waals surface area contributed by atoms with E-state index in [2.05, 4.69) is 15.2 Å². The van der Waals surface area contributed by atoms with Crippen LogP contribution in [0.5, 0.6) is 0 Å². The third-order valence-electron chi connectivity index (χ3n) is 5.24. The molecule has 0 aliphatic rings. The van der Waals surface area contributed by atoms with E-state index in [9.17, 15) is 8.42 Å². The highest BCUT2D eigenvalue weighted by atomic mass is 32.2. The van der Waals surface area contributed by atoms with Crippen LogP contribution >= 0.6 is 0 Å². The van der Waals surface area contributed by atoms with Crippen LogP contribution in [0.15, 0.2) is 70.6 Å². The molecule has 0 aliphatic carbocycles. The molecule has 0 fully saturated rings. The summed E-state index contributed by atoms with van der Waals surface area (Å²) >= 11 is 0. The fourth-order valence-electron chi connectivity index (χ4n) is 3.78. The van der Waals surface area contributed by atoms with Gasteiger partial charge in [-0.3, -0.25) is 9.67 Å². The van der Waals surface area contributed by atoms with Crippen molar-refractivity contribution < 1.29 is 12.9 Å². The first-order chi connectivity index (χ1) is 14.9. The van der Waals surface area contributed by atoms with E-state index in [1.807, 2.05) is 33.2 Å². The second-order valence-corrected chi connectivity index (χ2v) is 9.17. The van der Waals surface area contributed by atoms with Crippen LogP contribution in [-0.4, -0.2) is 32.3 Å². The summed E-state index contributed by atoms with van der Waals surface area (Å²) in [6.07, 6.45) is 6.85. The van der Waals surface area contributed by atoms with Crippen LogP contribution in [-0.2, 0) is 17.1 Å². The molecule has 5 rings (SSSR count). The molecule has 0 N–H and O–H groups in total. The minimum atomic E-state index is -3.84. The summed E-state index contributed by atoms with van der Waals surface area (Å²) in [5, 5.41) is 8.23. The zero-order chi connectivity index (χ0) is 21.8. The summed E-state index contributed by atoms with van der Waals surface area (Å²) in [6.45, 7) is 3.66. The molecule has 4 aromatic heterocycles. The minimum Gasteiger partial charge on any atom is -0.361 e. The van der Waals surface area contributed by atoms with Gasteiger partial charge in [-0.15, -0.1) is 0 Å². The number of rotatable bonds is 4. The molecule has 0 spiro atoms. The fourth-order valence-corrected chi connectivity index (χ4v) is 5.16. The maximum Gasteiger partial charge on any atom is 0.268 e. The van der Waals surface area contributed by atoms with Crippen LogP contribution in [0.1, 0.15) is 11.5 Å². The summed E-state index contributed by atoms with van der Waals surface area (Å²) < 4.78 is 35.3. The van der Waals surface area contributed by atoms with Crippen molar-refractivity contribution in [3.63, 3.8) is 0 Å². The lowest BCUT2D eigenvalue weighted by molar-refractivity contribution is 0.393. The summed E-state index contributed by atoms with van der Waals surface area (Å²) in [5.74, 6) is 0.648. The van der Waals surface area contributed by atoms with Gasteiger partial charge in [0.2, 0.25) is 0 Å². The van der Waals surface area contributed by atoms with Crippen molar-refractivity contribution in [2.45, 2.75) is 18.7 Å². The van der Waals surface area contributed by atoms with Crippen molar-refractivity contribution >= 4 is 21.1 Å². The Hall–Kier alpha value is -3.72. The summed E-state index contributed by atoms with van der Waals surface area (Å²) in [7, 11) is -2.03. The van der Waals surface area contributed by atoms with Gasteiger partial charge in [-0.2, -0.15) is 5.10 Å². The Kier molecular flexibility index (Phi) is 4.30. The van der Waals surface area contributed by atoms with Crippen LogP contribution < -0.4 is 0 Å². The van der Waals surface area contributed by atoms with Gasteiger partial charge < -0.3 is 4.52 Å². The second kappa shape index (κ2) is 6.92. The predicted octanol–water partition coefficient (Wildman–Crippen LogP) is 3.95. The number of nitrogens with zero attached hydrogens (tertiary/aromatic N) is 5. The first kappa shape index (κ1) is 19.3. The van der Waals surface area contributed by atoms with Gasteiger partial charge in [-0.25, -0.2) is 12.4 Å². The van der Waals surface area contributed by atoms with E-state index in [1.165, 1.54) is 3.97 Å². The van der Waals surface area contributed by atoms with Crippen LogP contribution in [0.3, 0.4) is 0 Å². The molecule has 9 heteroatoms. The Labute approximate surface area is 178 Å². The Morgan fingerprint density at radius 2 is 1.77 bits per heavy atom. The molecule has 0 atom stereocenters. The van der Waals surface area contributed by atoms with E-state index in [0.29, 0.717) is 22.4 Å². The van der Waals surface area contributed by atoms with Gasteiger partial charge in [-0.1, -0.05) is 23.4 Å². The highest BCUT2D eigenvalue weighted by molar-refractivity contribution is 7.90. The van der Waals surface area contributed by atoms with Crippen molar-refractivity contribution in [2.24, 2.45) is 7.05 Å². The molecular formula is C22H19N5O3S. The standard InChI is InChI=1S/C22H19N5O3S/c1-14-21(15(2)30-25-14)16-9-20-22(23-10-16)19(17-11-24-26(3)12-17)13-27(20)31(28,29)18-7-5-4-6-8-18/h4-13H,1-3H3. The molecule has 8 nitrogen and oxygen atoms in total. The molecule has 5 aromatic rings. The number of benzene rings is 1. The number of aromatic nitrogens is 5. The normalized spacial score (nSPS) is 12.0. The van der Waals surface area contributed by atoms with E-state index in [-0.39, 0.29) is 4.90 Å². The molecule has 0 unspecified atom stereocenters. The zero-order valence-corrected chi connectivity index (χ0v) is 18.0. The third-order valence-corrected chi connectivity index (χ3v) is 6.93. The minimum absolute atomic E-state index is 0.201. The predicted molar refractivity (Wildman–Crippen MR) is 116 cm³/mol. The smallest absolute Gasteiger partial charge is 0.268 e. The monoisotopic (exact) mass is 433 g/mol. The lowest BCUT2D eigenvalue weighted by atomic mass is 10.1. The summed E-state index contributed by atoms with van der Waals surface area (Å²) in [6, 6.07) is 10.2. The first-order valence-corrected chi connectivity index (χ1v) is 11.0.